The molecule has 0 spiro atoms. The fourth-order valence-corrected chi connectivity index (χ4v) is 2.07. The molecule has 0 aliphatic carbocycles. The summed E-state index contributed by atoms with van der Waals surface area (Å²) in [5.74, 6) is 0.388. The minimum absolute atomic E-state index is 0.0146. The van der Waals surface area contributed by atoms with Crippen molar-refractivity contribution >= 4 is 21.6 Å². The number of anilines is 1. The molecule has 0 bridgehead atoms. The molecule has 0 fully saturated rings. The van der Waals surface area contributed by atoms with Gasteiger partial charge in [0, 0.05) is 24.7 Å². The van der Waals surface area contributed by atoms with Crippen LogP contribution in [0.2, 0.25) is 0 Å². The second-order valence-electron chi connectivity index (χ2n) is 3.93. The van der Waals surface area contributed by atoms with Gasteiger partial charge in [-0.05, 0) is 25.1 Å². The van der Waals surface area contributed by atoms with Crippen molar-refractivity contribution in [2.75, 3.05) is 18.2 Å². The van der Waals surface area contributed by atoms with Crippen molar-refractivity contribution in [3.05, 3.63) is 23.8 Å². The van der Waals surface area contributed by atoms with Crippen molar-refractivity contribution in [2.24, 2.45) is 0 Å². The van der Waals surface area contributed by atoms with Crippen molar-refractivity contribution in [1.82, 2.24) is 4.72 Å². The molecule has 0 radical (unpaired) electrons. The van der Waals surface area contributed by atoms with E-state index in [1.54, 1.807) is 25.1 Å². The first kappa shape index (κ1) is 15.5. The first-order valence-corrected chi connectivity index (χ1v) is 7.45. The molecule has 1 amide bonds. The third kappa shape index (κ3) is 4.88. The summed E-state index contributed by atoms with van der Waals surface area (Å²) in [5.41, 5.74) is 1.25. The number of sulfonamides is 1. The number of hydrogen-bond donors (Lipinski definition) is 2. The topological polar surface area (TPSA) is 84.5 Å². The average molecular weight is 286 g/mol. The van der Waals surface area contributed by atoms with Gasteiger partial charge in [-0.1, -0.05) is 0 Å². The van der Waals surface area contributed by atoms with Crippen LogP contribution in [0, 0.1) is 0 Å². The predicted molar refractivity (Wildman–Crippen MR) is 73.6 cm³/mol. The minimum atomic E-state index is -3.27. The van der Waals surface area contributed by atoms with E-state index in [1.807, 2.05) is 0 Å². The van der Waals surface area contributed by atoms with Gasteiger partial charge in [0.15, 0.2) is 0 Å². The number of ether oxygens (including phenoxy) is 1. The van der Waals surface area contributed by atoms with Crippen LogP contribution in [0.1, 0.15) is 19.4 Å². The van der Waals surface area contributed by atoms with E-state index in [9.17, 15) is 13.2 Å². The maximum atomic E-state index is 11.4. The van der Waals surface area contributed by atoms with E-state index in [2.05, 4.69) is 10.0 Å². The van der Waals surface area contributed by atoms with Gasteiger partial charge in [0.25, 0.3) is 0 Å². The third-order valence-corrected chi connectivity index (χ3v) is 3.81. The first-order chi connectivity index (χ1) is 8.88. The summed E-state index contributed by atoms with van der Waals surface area (Å²) >= 11 is 0. The Labute approximate surface area is 113 Å². The van der Waals surface area contributed by atoms with Crippen LogP contribution in [0.3, 0.4) is 0 Å². The van der Waals surface area contributed by atoms with E-state index in [1.165, 1.54) is 14.0 Å². The monoisotopic (exact) mass is 286 g/mol. The highest BCUT2D eigenvalue weighted by Crippen LogP contribution is 2.22. The van der Waals surface area contributed by atoms with Crippen LogP contribution in [0.4, 0.5) is 5.69 Å². The van der Waals surface area contributed by atoms with Crippen LogP contribution < -0.4 is 14.8 Å². The van der Waals surface area contributed by atoms with E-state index in [0.29, 0.717) is 17.0 Å². The summed E-state index contributed by atoms with van der Waals surface area (Å²) in [5, 5.41) is 2.64. The standard InChI is InChI=1S/C12H18N2O4S/c1-4-19(16,17)13-8-10-7-11(14-9(2)15)5-6-12(10)18-3/h5-7,13H,4,8H2,1-3H3,(H,14,15). The Kier molecular flexibility index (Phi) is 5.31. The molecule has 1 aromatic carbocycles. The van der Waals surface area contributed by atoms with Gasteiger partial charge in [0.2, 0.25) is 15.9 Å². The molecule has 0 saturated carbocycles. The van der Waals surface area contributed by atoms with E-state index < -0.39 is 10.0 Å². The quantitative estimate of drug-likeness (QED) is 0.820. The number of carbonyl (C=O) groups excluding carboxylic acids is 1. The average Bonchev–Trinajstić information content (AvgIpc) is 2.36. The van der Waals surface area contributed by atoms with Crippen molar-refractivity contribution in [3.8, 4) is 5.75 Å². The number of rotatable bonds is 6. The predicted octanol–water partition coefficient (Wildman–Crippen LogP) is 1.09. The maximum absolute atomic E-state index is 11.4. The van der Waals surface area contributed by atoms with Crippen molar-refractivity contribution in [1.29, 1.82) is 0 Å². The van der Waals surface area contributed by atoms with Crippen LogP contribution in [0.5, 0.6) is 5.75 Å². The normalized spacial score (nSPS) is 11.1. The second kappa shape index (κ2) is 6.53. The Hall–Kier alpha value is -1.60. The number of nitrogens with one attached hydrogen (secondary N) is 2. The largest absolute Gasteiger partial charge is 0.496 e. The molecule has 0 heterocycles. The molecule has 19 heavy (non-hydrogen) atoms. The summed E-state index contributed by atoms with van der Waals surface area (Å²) in [6.07, 6.45) is 0. The number of carbonyl (C=O) groups is 1. The van der Waals surface area contributed by atoms with Crippen LogP contribution in [-0.4, -0.2) is 27.2 Å². The first-order valence-electron chi connectivity index (χ1n) is 5.79. The van der Waals surface area contributed by atoms with E-state index in [4.69, 9.17) is 4.74 Å². The summed E-state index contributed by atoms with van der Waals surface area (Å²) in [6, 6.07) is 5.05. The second-order valence-corrected chi connectivity index (χ2v) is 6.03. The van der Waals surface area contributed by atoms with E-state index in [-0.39, 0.29) is 18.2 Å². The number of hydrogen-bond acceptors (Lipinski definition) is 4. The highest BCUT2D eigenvalue weighted by molar-refractivity contribution is 7.89. The Bertz CT molecular complexity index is 555. The lowest BCUT2D eigenvalue weighted by molar-refractivity contribution is -0.114. The van der Waals surface area contributed by atoms with Gasteiger partial charge in [-0.15, -0.1) is 0 Å². The number of benzene rings is 1. The molecule has 0 saturated heterocycles. The highest BCUT2D eigenvalue weighted by Gasteiger charge is 2.10. The Morgan fingerprint density at radius 3 is 2.58 bits per heavy atom. The highest BCUT2D eigenvalue weighted by atomic mass is 32.2. The molecule has 0 aliphatic rings. The smallest absolute Gasteiger partial charge is 0.221 e. The van der Waals surface area contributed by atoms with Gasteiger partial charge in [0.05, 0.1) is 12.9 Å². The van der Waals surface area contributed by atoms with Crippen LogP contribution in [-0.2, 0) is 21.4 Å². The molecule has 2 N–H and O–H groups in total. The molecular formula is C12H18N2O4S. The van der Waals surface area contributed by atoms with Gasteiger partial charge in [-0.2, -0.15) is 0 Å². The number of amides is 1. The fraction of sp³-hybridized carbons (Fsp3) is 0.417. The van der Waals surface area contributed by atoms with E-state index >= 15 is 0 Å². The van der Waals surface area contributed by atoms with Gasteiger partial charge in [0.1, 0.15) is 5.75 Å². The Morgan fingerprint density at radius 2 is 2.05 bits per heavy atom. The summed E-state index contributed by atoms with van der Waals surface area (Å²) in [6.45, 7) is 3.09. The zero-order chi connectivity index (χ0) is 14.5. The molecule has 7 heteroatoms. The van der Waals surface area contributed by atoms with Gasteiger partial charge < -0.3 is 10.1 Å². The molecule has 1 rings (SSSR count). The molecule has 0 aliphatic heterocycles. The Balaban J connectivity index is 2.93. The zero-order valence-electron chi connectivity index (χ0n) is 11.2. The zero-order valence-corrected chi connectivity index (χ0v) is 12.0. The summed E-state index contributed by atoms with van der Waals surface area (Å²) < 4.78 is 30.4. The molecule has 106 valence electrons. The lowest BCUT2D eigenvalue weighted by atomic mass is 10.2. The van der Waals surface area contributed by atoms with Crippen molar-refractivity contribution < 1.29 is 17.9 Å². The molecule has 1 aromatic rings. The van der Waals surface area contributed by atoms with Crippen molar-refractivity contribution in [3.63, 3.8) is 0 Å². The van der Waals surface area contributed by atoms with Crippen LogP contribution in [0.25, 0.3) is 0 Å². The Morgan fingerprint density at radius 1 is 1.37 bits per heavy atom. The third-order valence-electron chi connectivity index (χ3n) is 2.46. The molecule has 0 aromatic heterocycles. The summed E-state index contributed by atoms with van der Waals surface area (Å²) in [7, 11) is -1.77. The van der Waals surface area contributed by atoms with Gasteiger partial charge in [-0.25, -0.2) is 13.1 Å². The lowest BCUT2D eigenvalue weighted by Crippen LogP contribution is -2.25. The van der Waals surface area contributed by atoms with E-state index in [0.717, 1.165) is 0 Å². The SMILES string of the molecule is CCS(=O)(=O)NCc1cc(NC(C)=O)ccc1OC. The number of methoxy groups -OCH3 is 1. The van der Waals surface area contributed by atoms with Gasteiger partial charge >= 0.3 is 0 Å². The molecule has 6 nitrogen and oxygen atoms in total. The minimum Gasteiger partial charge on any atom is -0.496 e. The summed E-state index contributed by atoms with van der Waals surface area (Å²) in [4.78, 5) is 11.0. The van der Waals surface area contributed by atoms with Gasteiger partial charge in [-0.3, -0.25) is 4.79 Å². The molecular weight excluding hydrogens is 268 g/mol. The maximum Gasteiger partial charge on any atom is 0.221 e. The molecule has 0 atom stereocenters. The van der Waals surface area contributed by atoms with Crippen LogP contribution in [0.15, 0.2) is 18.2 Å². The van der Waals surface area contributed by atoms with Crippen LogP contribution >= 0.6 is 0 Å². The van der Waals surface area contributed by atoms with Crippen molar-refractivity contribution in [2.45, 2.75) is 20.4 Å². The fourth-order valence-electron chi connectivity index (χ4n) is 1.49. The molecule has 0 unspecified atom stereocenters. The lowest BCUT2D eigenvalue weighted by Gasteiger charge is -2.12.